The summed E-state index contributed by atoms with van der Waals surface area (Å²) in [6.45, 7) is 4.99. The van der Waals surface area contributed by atoms with Crippen LogP contribution in [-0.4, -0.2) is 11.5 Å². The van der Waals surface area contributed by atoms with Gasteiger partial charge in [0.2, 0.25) is 0 Å². The lowest BCUT2D eigenvalue weighted by atomic mass is 10.00. The molecular formula is C18H23FN2. The molecule has 2 aromatic rings. The van der Waals surface area contributed by atoms with Gasteiger partial charge in [0.05, 0.1) is 5.52 Å². The van der Waals surface area contributed by atoms with E-state index in [1.54, 1.807) is 12.1 Å². The Morgan fingerprint density at radius 1 is 1.24 bits per heavy atom. The Kier molecular flexibility index (Phi) is 4.09. The number of nitrogens with zero attached hydrogens (tertiary/aromatic N) is 1. The molecular weight excluding hydrogens is 263 g/mol. The van der Waals surface area contributed by atoms with Gasteiger partial charge in [0.15, 0.2) is 0 Å². The van der Waals surface area contributed by atoms with Crippen LogP contribution in [0.15, 0.2) is 18.2 Å². The normalized spacial score (nSPS) is 15.8. The Bertz CT molecular complexity index is 645. The molecule has 2 nitrogen and oxygen atoms in total. The Morgan fingerprint density at radius 2 is 2.00 bits per heavy atom. The maximum absolute atomic E-state index is 13.7. The largest absolute Gasteiger partial charge is 0.384 e. The summed E-state index contributed by atoms with van der Waals surface area (Å²) in [5, 5.41) is 4.35. The fraction of sp³-hybridized carbons (Fsp3) is 0.500. The molecule has 0 spiro atoms. The summed E-state index contributed by atoms with van der Waals surface area (Å²) in [4.78, 5) is 4.86. The lowest BCUT2D eigenvalue weighted by Gasteiger charge is -2.16. The summed E-state index contributed by atoms with van der Waals surface area (Å²) >= 11 is 0. The van der Waals surface area contributed by atoms with Gasteiger partial charge in [0.1, 0.15) is 5.82 Å². The number of hydrogen-bond acceptors (Lipinski definition) is 2. The summed E-state index contributed by atoms with van der Waals surface area (Å²) in [6, 6.07) is 5.33. The molecule has 1 saturated carbocycles. The zero-order chi connectivity index (χ0) is 14.8. The van der Waals surface area contributed by atoms with Crippen molar-refractivity contribution in [3.05, 3.63) is 35.3 Å². The lowest BCUT2D eigenvalue weighted by molar-refractivity contribution is 0.628. The van der Waals surface area contributed by atoms with Gasteiger partial charge in [-0.2, -0.15) is 0 Å². The number of aromatic nitrogens is 1. The van der Waals surface area contributed by atoms with Crippen molar-refractivity contribution in [2.45, 2.75) is 51.9 Å². The SMILES string of the molecule is CCCNc1cc(C2CCCC2)nc2c(C)cc(F)cc12. The lowest BCUT2D eigenvalue weighted by Crippen LogP contribution is -2.05. The van der Waals surface area contributed by atoms with Crippen LogP contribution < -0.4 is 5.32 Å². The summed E-state index contributed by atoms with van der Waals surface area (Å²) in [6.07, 6.45) is 6.10. The number of rotatable bonds is 4. The van der Waals surface area contributed by atoms with Crippen LogP contribution in [0.5, 0.6) is 0 Å². The Balaban J connectivity index is 2.13. The molecule has 1 N–H and O–H groups in total. The van der Waals surface area contributed by atoms with Crippen molar-refractivity contribution in [1.29, 1.82) is 0 Å². The third kappa shape index (κ3) is 2.87. The summed E-state index contributed by atoms with van der Waals surface area (Å²) in [5.41, 5.74) is 4.07. The highest BCUT2D eigenvalue weighted by Gasteiger charge is 2.20. The van der Waals surface area contributed by atoms with E-state index >= 15 is 0 Å². The van der Waals surface area contributed by atoms with Crippen molar-refractivity contribution in [2.75, 3.05) is 11.9 Å². The Labute approximate surface area is 125 Å². The predicted molar refractivity (Wildman–Crippen MR) is 86.4 cm³/mol. The standard InChI is InChI=1S/C18H23FN2/c1-3-8-20-17-11-16(13-6-4-5-7-13)21-18-12(2)9-14(19)10-15(17)18/h9-11,13H,3-8H2,1-2H3,(H,20,21). The molecule has 0 aliphatic heterocycles. The molecule has 1 heterocycles. The molecule has 0 saturated heterocycles. The van der Waals surface area contributed by atoms with E-state index in [-0.39, 0.29) is 5.82 Å². The molecule has 0 amide bonds. The molecule has 0 atom stereocenters. The van der Waals surface area contributed by atoms with E-state index in [9.17, 15) is 4.39 Å². The molecule has 1 fully saturated rings. The van der Waals surface area contributed by atoms with Crippen LogP contribution in [0.1, 0.15) is 56.2 Å². The van der Waals surface area contributed by atoms with Crippen molar-refractivity contribution in [2.24, 2.45) is 0 Å². The minimum absolute atomic E-state index is 0.185. The third-order valence-electron chi connectivity index (χ3n) is 4.43. The van der Waals surface area contributed by atoms with Crippen molar-refractivity contribution in [3.8, 4) is 0 Å². The first-order valence-electron chi connectivity index (χ1n) is 8.03. The van der Waals surface area contributed by atoms with Gasteiger partial charge in [0.25, 0.3) is 0 Å². The van der Waals surface area contributed by atoms with E-state index in [1.165, 1.54) is 31.4 Å². The van der Waals surface area contributed by atoms with Crippen molar-refractivity contribution in [1.82, 2.24) is 4.98 Å². The van der Waals surface area contributed by atoms with Crippen LogP contribution in [0.3, 0.4) is 0 Å². The second kappa shape index (κ2) is 6.00. The molecule has 3 rings (SSSR count). The minimum atomic E-state index is -0.185. The Hall–Kier alpha value is -1.64. The first-order valence-corrected chi connectivity index (χ1v) is 8.03. The number of hydrogen-bond donors (Lipinski definition) is 1. The monoisotopic (exact) mass is 286 g/mol. The summed E-state index contributed by atoms with van der Waals surface area (Å²) in [7, 11) is 0. The third-order valence-corrected chi connectivity index (χ3v) is 4.43. The minimum Gasteiger partial charge on any atom is -0.384 e. The van der Waals surface area contributed by atoms with E-state index in [4.69, 9.17) is 4.98 Å². The van der Waals surface area contributed by atoms with Crippen molar-refractivity contribution in [3.63, 3.8) is 0 Å². The van der Waals surface area contributed by atoms with Gasteiger partial charge < -0.3 is 5.32 Å². The van der Waals surface area contributed by atoms with Gasteiger partial charge in [-0.1, -0.05) is 19.8 Å². The first kappa shape index (κ1) is 14.3. The summed E-state index contributed by atoms with van der Waals surface area (Å²) in [5.74, 6) is 0.385. The van der Waals surface area contributed by atoms with Gasteiger partial charge in [0, 0.05) is 29.2 Å². The van der Waals surface area contributed by atoms with Gasteiger partial charge in [-0.3, -0.25) is 4.98 Å². The number of nitrogens with one attached hydrogen (secondary N) is 1. The molecule has 1 aliphatic rings. The first-order chi connectivity index (χ1) is 10.2. The van der Waals surface area contributed by atoms with E-state index in [2.05, 4.69) is 18.3 Å². The highest BCUT2D eigenvalue weighted by molar-refractivity contribution is 5.93. The number of halogens is 1. The van der Waals surface area contributed by atoms with Crippen LogP contribution in [0.25, 0.3) is 10.9 Å². The fourth-order valence-electron chi connectivity index (χ4n) is 3.31. The molecule has 0 unspecified atom stereocenters. The predicted octanol–water partition coefficient (Wildman–Crippen LogP) is 5.16. The van der Waals surface area contributed by atoms with Crippen LogP contribution in [0, 0.1) is 12.7 Å². The van der Waals surface area contributed by atoms with E-state index in [0.717, 1.165) is 35.1 Å². The highest BCUT2D eigenvalue weighted by atomic mass is 19.1. The topological polar surface area (TPSA) is 24.9 Å². The van der Waals surface area contributed by atoms with Gasteiger partial charge in [-0.05, 0) is 49.9 Å². The molecule has 1 aliphatic carbocycles. The second-order valence-electron chi connectivity index (χ2n) is 6.12. The maximum Gasteiger partial charge on any atom is 0.124 e. The van der Waals surface area contributed by atoms with Crippen LogP contribution in [-0.2, 0) is 0 Å². The number of pyridine rings is 1. The average molecular weight is 286 g/mol. The van der Waals surface area contributed by atoms with Crippen LogP contribution >= 0.6 is 0 Å². The van der Waals surface area contributed by atoms with Crippen molar-refractivity contribution >= 4 is 16.6 Å². The van der Waals surface area contributed by atoms with Gasteiger partial charge in [-0.15, -0.1) is 0 Å². The molecule has 0 bridgehead atoms. The molecule has 1 aromatic heterocycles. The number of aryl methyl sites for hydroxylation is 1. The Morgan fingerprint density at radius 3 is 2.71 bits per heavy atom. The summed E-state index contributed by atoms with van der Waals surface area (Å²) < 4.78 is 13.7. The zero-order valence-electron chi connectivity index (χ0n) is 12.9. The quantitative estimate of drug-likeness (QED) is 0.839. The molecule has 1 aromatic carbocycles. The highest BCUT2D eigenvalue weighted by Crippen LogP contribution is 2.36. The van der Waals surface area contributed by atoms with Gasteiger partial charge in [-0.25, -0.2) is 4.39 Å². The van der Waals surface area contributed by atoms with E-state index < -0.39 is 0 Å². The molecule has 3 heteroatoms. The smallest absolute Gasteiger partial charge is 0.124 e. The number of benzene rings is 1. The van der Waals surface area contributed by atoms with Crippen LogP contribution in [0.4, 0.5) is 10.1 Å². The number of fused-ring (bicyclic) bond motifs is 1. The van der Waals surface area contributed by atoms with E-state index in [0.29, 0.717) is 5.92 Å². The van der Waals surface area contributed by atoms with Gasteiger partial charge >= 0.3 is 0 Å². The molecule has 21 heavy (non-hydrogen) atoms. The van der Waals surface area contributed by atoms with E-state index in [1.807, 2.05) is 6.92 Å². The fourth-order valence-corrected chi connectivity index (χ4v) is 3.31. The average Bonchev–Trinajstić information content (AvgIpc) is 2.99. The number of anilines is 1. The zero-order valence-corrected chi connectivity index (χ0v) is 12.9. The molecule has 112 valence electrons. The molecule has 0 radical (unpaired) electrons. The van der Waals surface area contributed by atoms with Crippen molar-refractivity contribution < 1.29 is 4.39 Å². The maximum atomic E-state index is 13.7. The van der Waals surface area contributed by atoms with Crippen LogP contribution in [0.2, 0.25) is 0 Å². The second-order valence-corrected chi connectivity index (χ2v) is 6.12.